The molecule has 2 rings (SSSR count). The monoisotopic (exact) mass is 286 g/mol. The van der Waals surface area contributed by atoms with Crippen LogP contribution in [0.15, 0.2) is 24.5 Å². The molecule has 0 aliphatic rings. The number of hydrogen-bond donors (Lipinski definition) is 1. The highest BCUT2D eigenvalue weighted by Gasteiger charge is 2.26. The molecule has 1 heterocycles. The molecule has 0 atom stereocenters. The van der Waals surface area contributed by atoms with Crippen molar-refractivity contribution in [2.45, 2.75) is 12.6 Å². The highest BCUT2D eigenvalue weighted by molar-refractivity contribution is 5.90. The Morgan fingerprint density at radius 2 is 2.05 bits per heavy atom. The lowest BCUT2D eigenvalue weighted by Gasteiger charge is -2.09. The maximum atomic E-state index is 12.1. The normalized spacial score (nSPS) is 11.6. The molecule has 20 heavy (non-hydrogen) atoms. The van der Waals surface area contributed by atoms with Crippen LogP contribution in [-0.2, 0) is 0 Å². The highest BCUT2D eigenvalue weighted by Crippen LogP contribution is 2.25. The lowest BCUT2D eigenvalue weighted by atomic mass is 10.2. The van der Waals surface area contributed by atoms with Gasteiger partial charge in [0.05, 0.1) is 16.9 Å². The third-order valence-corrected chi connectivity index (χ3v) is 2.53. The largest absolute Gasteiger partial charge is 0.390 e. The molecule has 0 bridgehead atoms. The molecule has 0 unspecified atom stereocenters. The Balaban J connectivity index is 2.28. The predicted octanol–water partition coefficient (Wildman–Crippen LogP) is 2.90. The second-order valence-corrected chi connectivity index (χ2v) is 3.97. The maximum Gasteiger partial charge on any atom is 0.390 e. The average molecular weight is 286 g/mol. The summed E-state index contributed by atoms with van der Waals surface area (Å²) in [7, 11) is 0. The third kappa shape index (κ3) is 3.31. The van der Waals surface area contributed by atoms with Crippen LogP contribution in [0.4, 0.5) is 24.7 Å². The molecule has 0 fully saturated rings. The average Bonchev–Trinajstić information content (AvgIpc) is 2.37. The summed E-state index contributed by atoms with van der Waals surface area (Å²) in [5, 5.41) is 13.5. The summed E-state index contributed by atoms with van der Waals surface area (Å²) in [6.07, 6.45) is -4.11. The van der Waals surface area contributed by atoms with Gasteiger partial charge in [0, 0.05) is 24.1 Å². The van der Waals surface area contributed by atoms with Gasteiger partial charge < -0.3 is 5.32 Å². The molecule has 1 aromatic carbocycles. The molecule has 9 heteroatoms. The first-order valence-corrected chi connectivity index (χ1v) is 5.56. The van der Waals surface area contributed by atoms with Crippen LogP contribution >= 0.6 is 0 Å². The van der Waals surface area contributed by atoms with Gasteiger partial charge in [-0.3, -0.25) is 10.1 Å². The molecule has 106 valence electrons. The van der Waals surface area contributed by atoms with Crippen LogP contribution in [-0.4, -0.2) is 27.6 Å². The number of nitrogens with zero attached hydrogens (tertiary/aromatic N) is 3. The number of halogens is 3. The summed E-state index contributed by atoms with van der Waals surface area (Å²) in [6, 6.07) is 3.92. The van der Waals surface area contributed by atoms with E-state index >= 15 is 0 Å². The predicted molar refractivity (Wildman–Crippen MR) is 65.4 cm³/mol. The number of benzene rings is 1. The summed E-state index contributed by atoms with van der Waals surface area (Å²) < 4.78 is 36.2. The van der Waals surface area contributed by atoms with E-state index in [1.165, 1.54) is 24.5 Å². The number of hydrogen-bond acceptors (Lipinski definition) is 5. The third-order valence-electron chi connectivity index (χ3n) is 2.53. The molecule has 1 aromatic heterocycles. The van der Waals surface area contributed by atoms with E-state index in [1.807, 2.05) is 0 Å². The van der Waals surface area contributed by atoms with E-state index in [9.17, 15) is 23.3 Å². The van der Waals surface area contributed by atoms with Crippen LogP contribution in [0.5, 0.6) is 0 Å². The first kappa shape index (κ1) is 14.0. The first-order valence-electron chi connectivity index (χ1n) is 5.56. The van der Waals surface area contributed by atoms with Crippen molar-refractivity contribution in [2.24, 2.45) is 0 Å². The van der Waals surface area contributed by atoms with Gasteiger partial charge in [-0.05, 0) is 6.07 Å². The van der Waals surface area contributed by atoms with Crippen molar-refractivity contribution in [3.8, 4) is 0 Å². The van der Waals surface area contributed by atoms with Gasteiger partial charge in [-0.25, -0.2) is 9.97 Å². The minimum atomic E-state index is -4.28. The summed E-state index contributed by atoms with van der Waals surface area (Å²) in [6.45, 7) is -0.363. The van der Waals surface area contributed by atoms with Crippen LogP contribution in [0.2, 0.25) is 0 Å². The van der Waals surface area contributed by atoms with Gasteiger partial charge in [-0.1, -0.05) is 0 Å². The molecule has 0 amide bonds. The Hall–Kier alpha value is -2.45. The number of nitro benzene ring substituents is 1. The Kier molecular flexibility index (Phi) is 3.68. The molecular formula is C11H9F3N4O2. The Bertz CT molecular complexity index is 645. The topological polar surface area (TPSA) is 81.0 Å². The number of fused-ring (bicyclic) bond motifs is 1. The van der Waals surface area contributed by atoms with Crippen molar-refractivity contribution in [1.29, 1.82) is 0 Å². The first-order chi connectivity index (χ1) is 9.37. The van der Waals surface area contributed by atoms with E-state index in [0.29, 0.717) is 10.9 Å². The molecule has 0 saturated heterocycles. The number of anilines is 1. The summed E-state index contributed by atoms with van der Waals surface area (Å²) in [5.74, 6) is 0.142. The molecule has 0 saturated carbocycles. The number of aromatic nitrogens is 2. The number of nitro groups is 1. The molecule has 2 aromatic rings. The van der Waals surface area contributed by atoms with Crippen molar-refractivity contribution < 1.29 is 18.1 Å². The van der Waals surface area contributed by atoms with E-state index in [4.69, 9.17) is 0 Å². The molecule has 6 nitrogen and oxygen atoms in total. The van der Waals surface area contributed by atoms with Crippen LogP contribution < -0.4 is 5.32 Å². The van der Waals surface area contributed by atoms with Gasteiger partial charge in [0.1, 0.15) is 12.1 Å². The fourth-order valence-electron chi connectivity index (χ4n) is 1.62. The smallest absolute Gasteiger partial charge is 0.369 e. The number of non-ortho nitro benzene ring substituents is 1. The SMILES string of the molecule is O=[N+]([O-])c1ccc2ncnc(NCCC(F)(F)F)c2c1. The quantitative estimate of drug-likeness (QED) is 0.690. The van der Waals surface area contributed by atoms with E-state index in [2.05, 4.69) is 15.3 Å². The summed E-state index contributed by atoms with van der Waals surface area (Å²) in [4.78, 5) is 17.8. The summed E-state index contributed by atoms with van der Waals surface area (Å²) >= 11 is 0. The fourth-order valence-corrected chi connectivity index (χ4v) is 1.62. The van der Waals surface area contributed by atoms with Crippen LogP contribution in [0.25, 0.3) is 10.9 Å². The Labute approximate surface area is 110 Å². The molecule has 0 spiro atoms. The van der Waals surface area contributed by atoms with E-state index in [0.717, 1.165) is 0 Å². The van der Waals surface area contributed by atoms with Crippen molar-refractivity contribution in [1.82, 2.24) is 9.97 Å². The summed E-state index contributed by atoms with van der Waals surface area (Å²) in [5.41, 5.74) is 0.242. The number of nitrogens with one attached hydrogen (secondary N) is 1. The van der Waals surface area contributed by atoms with Crippen molar-refractivity contribution in [3.63, 3.8) is 0 Å². The van der Waals surface area contributed by atoms with Crippen molar-refractivity contribution >= 4 is 22.4 Å². The zero-order valence-corrected chi connectivity index (χ0v) is 10.0. The minimum Gasteiger partial charge on any atom is -0.369 e. The lowest BCUT2D eigenvalue weighted by molar-refractivity contribution is -0.384. The second kappa shape index (κ2) is 5.27. The minimum absolute atomic E-state index is 0.142. The molecule has 1 N–H and O–H groups in total. The maximum absolute atomic E-state index is 12.1. The van der Waals surface area contributed by atoms with Gasteiger partial charge in [0.2, 0.25) is 0 Å². The van der Waals surface area contributed by atoms with Crippen LogP contribution in [0.3, 0.4) is 0 Å². The zero-order valence-electron chi connectivity index (χ0n) is 10.0. The lowest BCUT2D eigenvalue weighted by Crippen LogP contribution is -2.15. The van der Waals surface area contributed by atoms with Gasteiger partial charge in [-0.15, -0.1) is 0 Å². The van der Waals surface area contributed by atoms with Crippen LogP contribution in [0.1, 0.15) is 6.42 Å². The van der Waals surface area contributed by atoms with E-state index < -0.39 is 17.5 Å². The van der Waals surface area contributed by atoms with Gasteiger partial charge >= 0.3 is 6.18 Å². The van der Waals surface area contributed by atoms with Gasteiger partial charge in [0.15, 0.2) is 0 Å². The van der Waals surface area contributed by atoms with Crippen molar-refractivity contribution in [3.05, 3.63) is 34.6 Å². The van der Waals surface area contributed by atoms with Gasteiger partial charge in [-0.2, -0.15) is 13.2 Å². The fraction of sp³-hybridized carbons (Fsp3) is 0.273. The molecule has 0 aliphatic heterocycles. The van der Waals surface area contributed by atoms with Gasteiger partial charge in [0.25, 0.3) is 5.69 Å². The van der Waals surface area contributed by atoms with Crippen molar-refractivity contribution in [2.75, 3.05) is 11.9 Å². The second-order valence-electron chi connectivity index (χ2n) is 3.97. The zero-order chi connectivity index (χ0) is 14.8. The van der Waals surface area contributed by atoms with Crippen LogP contribution in [0, 0.1) is 10.1 Å². The number of rotatable bonds is 4. The van der Waals surface area contributed by atoms with E-state index in [1.54, 1.807) is 0 Å². The number of alkyl halides is 3. The molecular weight excluding hydrogens is 277 g/mol. The highest BCUT2D eigenvalue weighted by atomic mass is 19.4. The van der Waals surface area contributed by atoms with E-state index in [-0.39, 0.29) is 18.1 Å². The molecule has 0 radical (unpaired) electrons. The molecule has 0 aliphatic carbocycles. The Morgan fingerprint density at radius 3 is 2.70 bits per heavy atom. The standard InChI is InChI=1S/C11H9F3N4O2/c12-11(13,14)3-4-15-10-8-5-7(18(19)20)1-2-9(8)16-6-17-10/h1-2,5-6H,3-4H2,(H,15,16,17). The Morgan fingerprint density at radius 1 is 1.30 bits per heavy atom.